The zero-order chi connectivity index (χ0) is 20.7. The monoisotopic (exact) mass is 397 g/mol. The van der Waals surface area contributed by atoms with Crippen molar-refractivity contribution in [3.63, 3.8) is 0 Å². The van der Waals surface area contributed by atoms with Gasteiger partial charge >= 0.3 is 0 Å². The number of hydrogen-bond donors (Lipinski definition) is 0. The summed E-state index contributed by atoms with van der Waals surface area (Å²) in [5, 5.41) is 0. The van der Waals surface area contributed by atoms with Crippen LogP contribution in [0.4, 0.5) is 0 Å². The van der Waals surface area contributed by atoms with E-state index in [1.807, 2.05) is 55.6 Å². The van der Waals surface area contributed by atoms with Gasteiger partial charge in [-0.2, -0.15) is 0 Å². The van der Waals surface area contributed by atoms with Gasteiger partial charge < -0.3 is 9.32 Å². The number of oxazole rings is 1. The molecule has 5 nitrogen and oxygen atoms in total. The number of nitrogens with zero attached hydrogens (tertiary/aromatic N) is 3. The quantitative estimate of drug-likeness (QED) is 0.748. The predicted octanol–water partition coefficient (Wildman–Crippen LogP) is 4.52. The highest BCUT2D eigenvalue weighted by Crippen LogP contribution is 2.29. The Morgan fingerprint density at radius 2 is 2.03 bits per heavy atom. The third kappa shape index (κ3) is 3.48. The molecule has 0 spiro atoms. The molecule has 150 valence electrons. The molecule has 1 aromatic carbocycles. The van der Waals surface area contributed by atoms with Crippen LogP contribution in [0.5, 0.6) is 0 Å². The van der Waals surface area contributed by atoms with Gasteiger partial charge in [-0.1, -0.05) is 30.4 Å². The number of rotatable bonds is 2. The summed E-state index contributed by atoms with van der Waals surface area (Å²) in [4.78, 5) is 21.5. The number of carbonyl (C=O) groups excluding carboxylic acids is 1. The van der Waals surface area contributed by atoms with Crippen molar-refractivity contribution in [3.8, 4) is 0 Å². The summed E-state index contributed by atoms with van der Waals surface area (Å²) < 4.78 is 5.66. The van der Waals surface area contributed by atoms with E-state index >= 15 is 0 Å². The Balaban J connectivity index is 1.49. The lowest BCUT2D eigenvalue weighted by Crippen LogP contribution is -2.27. The van der Waals surface area contributed by atoms with E-state index < -0.39 is 0 Å². The molecule has 0 radical (unpaired) electrons. The van der Waals surface area contributed by atoms with Crippen LogP contribution in [0, 0.1) is 6.92 Å². The van der Waals surface area contributed by atoms with E-state index in [2.05, 4.69) is 29.1 Å². The first-order valence-corrected chi connectivity index (χ1v) is 10.2. The fourth-order valence-corrected chi connectivity index (χ4v) is 3.96. The summed E-state index contributed by atoms with van der Waals surface area (Å²) >= 11 is 0. The minimum atomic E-state index is -0.0650. The SMILES string of the molecule is Cc1nc2ccc(C3=C\C(=O)N4C=C(C5=CCN(C)CC5)C=C\C4=C/C=C/3)cc2o1. The topological polar surface area (TPSA) is 49.6 Å². The number of aryl methyl sites for hydroxylation is 1. The number of likely N-dealkylation sites (N-methyl/N-ethyl adjacent to an activating group) is 1. The van der Waals surface area contributed by atoms with E-state index in [4.69, 9.17) is 4.42 Å². The number of aromatic nitrogens is 1. The average molecular weight is 397 g/mol. The lowest BCUT2D eigenvalue weighted by Gasteiger charge is -2.27. The summed E-state index contributed by atoms with van der Waals surface area (Å²) in [6, 6.07) is 5.83. The lowest BCUT2D eigenvalue weighted by molar-refractivity contribution is -0.122. The number of carbonyl (C=O) groups is 1. The molecule has 0 saturated heterocycles. The van der Waals surface area contributed by atoms with Crippen molar-refractivity contribution >= 4 is 22.6 Å². The van der Waals surface area contributed by atoms with Gasteiger partial charge in [-0.05, 0) is 60.0 Å². The van der Waals surface area contributed by atoms with Gasteiger partial charge in [0.25, 0.3) is 5.91 Å². The van der Waals surface area contributed by atoms with E-state index in [1.54, 1.807) is 11.0 Å². The van der Waals surface area contributed by atoms with Crippen molar-refractivity contribution in [2.24, 2.45) is 0 Å². The molecule has 0 N–H and O–H groups in total. The zero-order valence-electron chi connectivity index (χ0n) is 17.1. The van der Waals surface area contributed by atoms with Crippen LogP contribution in [-0.2, 0) is 4.79 Å². The Bertz CT molecular complexity index is 1220. The molecule has 0 unspecified atom stereocenters. The second kappa shape index (κ2) is 7.43. The lowest BCUT2D eigenvalue weighted by atomic mass is 9.97. The smallest absolute Gasteiger partial charge is 0.255 e. The van der Waals surface area contributed by atoms with E-state index in [1.165, 1.54) is 5.57 Å². The summed E-state index contributed by atoms with van der Waals surface area (Å²) in [6.45, 7) is 3.80. The van der Waals surface area contributed by atoms with Gasteiger partial charge in [0.1, 0.15) is 5.52 Å². The Morgan fingerprint density at radius 3 is 2.87 bits per heavy atom. The van der Waals surface area contributed by atoms with E-state index in [-0.39, 0.29) is 5.91 Å². The van der Waals surface area contributed by atoms with E-state index in [0.29, 0.717) is 5.89 Å². The van der Waals surface area contributed by atoms with Crippen molar-refractivity contribution in [2.75, 3.05) is 20.1 Å². The van der Waals surface area contributed by atoms with Gasteiger partial charge in [0, 0.05) is 38.0 Å². The van der Waals surface area contributed by atoms with E-state index in [9.17, 15) is 4.79 Å². The second-order valence-corrected chi connectivity index (χ2v) is 7.83. The van der Waals surface area contributed by atoms with Crippen LogP contribution >= 0.6 is 0 Å². The van der Waals surface area contributed by atoms with Crippen LogP contribution in [-0.4, -0.2) is 40.8 Å². The first-order valence-electron chi connectivity index (χ1n) is 10.2. The maximum Gasteiger partial charge on any atom is 0.255 e. The van der Waals surface area contributed by atoms with Crippen LogP contribution in [0.15, 0.2) is 88.2 Å². The maximum atomic E-state index is 13.2. The van der Waals surface area contributed by atoms with Gasteiger partial charge in [0.05, 0.1) is 0 Å². The molecule has 2 aromatic rings. The van der Waals surface area contributed by atoms with Gasteiger partial charge in [0.15, 0.2) is 11.5 Å². The molecule has 0 fully saturated rings. The van der Waals surface area contributed by atoms with Gasteiger partial charge in [-0.15, -0.1) is 0 Å². The number of benzene rings is 1. The summed E-state index contributed by atoms with van der Waals surface area (Å²) in [6.07, 6.45) is 16.9. The van der Waals surface area contributed by atoms with Gasteiger partial charge in [-0.3, -0.25) is 9.69 Å². The maximum absolute atomic E-state index is 13.2. The fourth-order valence-electron chi connectivity index (χ4n) is 3.96. The number of fused-ring (bicyclic) bond motifs is 2. The van der Waals surface area contributed by atoms with Crippen molar-refractivity contribution in [1.82, 2.24) is 14.8 Å². The van der Waals surface area contributed by atoms with Crippen molar-refractivity contribution in [1.29, 1.82) is 0 Å². The van der Waals surface area contributed by atoms with Gasteiger partial charge in [0.2, 0.25) is 0 Å². The Morgan fingerprint density at radius 1 is 1.13 bits per heavy atom. The third-order valence-electron chi connectivity index (χ3n) is 5.65. The Hall–Kier alpha value is -3.44. The molecular weight excluding hydrogens is 374 g/mol. The van der Waals surface area contributed by atoms with Crippen LogP contribution in [0.1, 0.15) is 17.9 Å². The third-order valence-corrected chi connectivity index (χ3v) is 5.65. The Kier molecular flexibility index (Phi) is 4.60. The molecule has 0 bridgehead atoms. The second-order valence-electron chi connectivity index (χ2n) is 7.83. The standard InChI is InChI=1S/C25H23N3O2/c1-17-26-23-9-7-20(14-24(23)30-17)19-4-3-5-22-8-6-21(16-28(22)25(29)15-19)18-10-12-27(2)13-11-18/h3-10,14-16H,11-13H2,1-2H3/b4-3+,19-15+,22-5+. The van der Waals surface area contributed by atoms with Gasteiger partial charge in [-0.25, -0.2) is 4.98 Å². The molecule has 4 heterocycles. The Labute approximate surface area is 175 Å². The predicted molar refractivity (Wildman–Crippen MR) is 118 cm³/mol. The van der Waals surface area contributed by atoms with E-state index in [0.717, 1.165) is 53.0 Å². The minimum absolute atomic E-state index is 0.0650. The molecule has 3 aliphatic rings. The van der Waals surface area contributed by atoms with Crippen molar-refractivity contribution in [2.45, 2.75) is 13.3 Å². The highest BCUT2D eigenvalue weighted by Gasteiger charge is 2.21. The van der Waals surface area contributed by atoms with Crippen LogP contribution in [0.3, 0.4) is 0 Å². The number of amides is 1. The largest absolute Gasteiger partial charge is 0.441 e. The highest BCUT2D eigenvalue weighted by molar-refractivity contribution is 6.00. The highest BCUT2D eigenvalue weighted by atomic mass is 16.3. The van der Waals surface area contributed by atoms with Crippen molar-refractivity contribution in [3.05, 3.63) is 95.2 Å². The molecule has 0 atom stereocenters. The molecular formula is C25H23N3O2. The molecule has 0 aliphatic carbocycles. The first-order chi connectivity index (χ1) is 14.6. The average Bonchev–Trinajstić information content (AvgIpc) is 3.11. The molecule has 5 heteroatoms. The van der Waals surface area contributed by atoms with Crippen LogP contribution in [0.2, 0.25) is 0 Å². The molecule has 1 amide bonds. The summed E-state index contributed by atoms with van der Waals surface area (Å²) in [5.41, 5.74) is 6.58. The minimum Gasteiger partial charge on any atom is -0.441 e. The zero-order valence-corrected chi connectivity index (χ0v) is 17.1. The number of hydrogen-bond acceptors (Lipinski definition) is 4. The summed E-state index contributed by atoms with van der Waals surface area (Å²) in [5.74, 6) is 0.568. The molecule has 1 aromatic heterocycles. The first kappa shape index (κ1) is 18.6. The molecule has 0 saturated carbocycles. The van der Waals surface area contributed by atoms with Crippen molar-refractivity contribution < 1.29 is 9.21 Å². The molecule has 30 heavy (non-hydrogen) atoms. The summed E-state index contributed by atoms with van der Waals surface area (Å²) in [7, 11) is 2.12. The molecule has 3 aliphatic heterocycles. The molecule has 5 rings (SSSR count). The van der Waals surface area contributed by atoms with Crippen LogP contribution < -0.4 is 0 Å². The fraction of sp³-hybridized carbons (Fsp3) is 0.200. The van der Waals surface area contributed by atoms with Crippen LogP contribution in [0.25, 0.3) is 16.7 Å². The number of allylic oxidation sites excluding steroid dienone is 7. The normalized spacial score (nSPS) is 24.2.